The first-order valence-corrected chi connectivity index (χ1v) is 16.5. The highest BCUT2D eigenvalue weighted by molar-refractivity contribution is 7.27. The van der Waals surface area contributed by atoms with Crippen LogP contribution in [0.25, 0.3) is 91.8 Å². The summed E-state index contributed by atoms with van der Waals surface area (Å²) in [6, 6.07) is 38.9. The summed E-state index contributed by atoms with van der Waals surface area (Å²) in [7, 11) is 0. The molecule has 4 aromatic heterocycles. The Labute approximate surface area is 272 Å². The lowest BCUT2D eigenvalue weighted by Gasteiger charge is -2.16. The second-order valence-corrected chi connectivity index (χ2v) is 13.4. The van der Waals surface area contributed by atoms with Gasteiger partial charge in [0.05, 0.1) is 11.0 Å². The van der Waals surface area contributed by atoms with Gasteiger partial charge in [-0.3, -0.25) is 0 Å². The zero-order chi connectivity index (χ0) is 30.7. The van der Waals surface area contributed by atoms with E-state index in [1.54, 1.807) is 0 Å². The molecule has 10 aromatic rings. The van der Waals surface area contributed by atoms with Crippen LogP contribution in [0.3, 0.4) is 0 Å². The van der Waals surface area contributed by atoms with Crippen molar-refractivity contribution < 1.29 is 4.42 Å². The largest absolute Gasteiger partial charge is 0.452 e. The molecule has 46 heavy (non-hydrogen) atoms. The number of nitrogens with zero attached hydrogens (tertiary/aromatic N) is 3. The number of hydrogen-bond donors (Lipinski definition) is 0. The number of benzene rings is 6. The molecule has 0 unspecified atom stereocenters. The average Bonchev–Trinajstić information content (AvgIpc) is 3.75. The molecular formula is C40H24ClN3OS. The molecule has 0 N–H and O–H groups in total. The molecule has 0 saturated heterocycles. The van der Waals surface area contributed by atoms with Gasteiger partial charge < -0.3 is 8.98 Å². The minimum atomic E-state index is 0.205. The first kappa shape index (κ1) is 26.0. The highest BCUT2D eigenvalue weighted by atomic mass is 35.5. The van der Waals surface area contributed by atoms with Gasteiger partial charge in [-0.15, -0.1) is 11.3 Å². The summed E-state index contributed by atoms with van der Waals surface area (Å²) in [5.74, 6) is 0. The third-order valence-corrected chi connectivity index (χ3v) is 10.7. The molecule has 0 atom stereocenters. The van der Waals surface area contributed by atoms with E-state index in [-0.39, 0.29) is 5.28 Å². The molecule has 0 amide bonds. The minimum Gasteiger partial charge on any atom is -0.452 e. The predicted molar refractivity (Wildman–Crippen MR) is 194 cm³/mol. The third-order valence-electron chi connectivity index (χ3n) is 9.38. The number of hydrogen-bond acceptors (Lipinski definition) is 4. The lowest BCUT2D eigenvalue weighted by atomic mass is 9.98. The molecule has 0 saturated carbocycles. The summed E-state index contributed by atoms with van der Waals surface area (Å²) in [6.45, 7) is 4.32. The van der Waals surface area contributed by atoms with E-state index in [0.717, 1.165) is 38.9 Å². The number of fused-ring (bicyclic) bond motifs is 13. The van der Waals surface area contributed by atoms with E-state index in [0.29, 0.717) is 11.3 Å². The summed E-state index contributed by atoms with van der Waals surface area (Å²) in [5, 5.41) is 8.87. The van der Waals surface area contributed by atoms with E-state index in [2.05, 4.69) is 108 Å². The van der Waals surface area contributed by atoms with Crippen LogP contribution in [-0.4, -0.2) is 14.5 Å². The van der Waals surface area contributed by atoms with Gasteiger partial charge in [0, 0.05) is 53.0 Å². The van der Waals surface area contributed by atoms with Crippen molar-refractivity contribution in [2.24, 2.45) is 0 Å². The van der Waals surface area contributed by atoms with Crippen molar-refractivity contribution in [1.29, 1.82) is 0 Å². The van der Waals surface area contributed by atoms with Crippen molar-refractivity contribution in [1.82, 2.24) is 14.5 Å². The summed E-state index contributed by atoms with van der Waals surface area (Å²) < 4.78 is 11.4. The number of aryl methyl sites for hydroxylation is 2. The summed E-state index contributed by atoms with van der Waals surface area (Å²) >= 11 is 8.42. The van der Waals surface area contributed by atoms with Crippen molar-refractivity contribution in [3.8, 4) is 16.9 Å². The van der Waals surface area contributed by atoms with Gasteiger partial charge in [0.2, 0.25) is 5.28 Å². The summed E-state index contributed by atoms with van der Waals surface area (Å²) in [5.41, 5.74) is 9.60. The second-order valence-electron chi connectivity index (χ2n) is 12.0. The van der Waals surface area contributed by atoms with E-state index < -0.39 is 0 Å². The zero-order valence-electron chi connectivity index (χ0n) is 24.9. The Kier molecular flexibility index (Phi) is 5.32. The Hall–Kier alpha value is -5.23. The summed E-state index contributed by atoms with van der Waals surface area (Å²) in [4.78, 5) is 9.27. The van der Waals surface area contributed by atoms with E-state index in [1.165, 1.54) is 52.8 Å². The Morgan fingerprint density at radius 3 is 2.22 bits per heavy atom. The molecule has 4 heterocycles. The standard InChI is InChI=1S/C40H24ClN3OS/c1-21-20-30(22(2)19-28(21)36-38-35(42-40(41)43-36)26-14-6-9-17-31(26)45-38)44-29-16-8-5-13-25(29)34-37(44)24-12-4-3-11-23(24)33-27-15-7-10-18-32(27)46-39(33)34/h3-20H,1-2H3. The maximum Gasteiger partial charge on any atom is 0.223 e. The number of halogens is 1. The predicted octanol–water partition coefficient (Wildman–Crippen LogP) is 11.9. The van der Waals surface area contributed by atoms with Crippen LogP contribution in [-0.2, 0) is 0 Å². The van der Waals surface area contributed by atoms with Crippen molar-refractivity contribution in [3.63, 3.8) is 0 Å². The van der Waals surface area contributed by atoms with Gasteiger partial charge in [-0.05, 0) is 78.4 Å². The first-order valence-electron chi connectivity index (χ1n) is 15.3. The van der Waals surface area contributed by atoms with Crippen LogP contribution in [0.4, 0.5) is 0 Å². The highest BCUT2D eigenvalue weighted by Gasteiger charge is 2.24. The van der Waals surface area contributed by atoms with Crippen molar-refractivity contribution in [3.05, 3.63) is 126 Å². The molecule has 218 valence electrons. The Balaban J connectivity index is 1.32. The molecule has 6 heteroatoms. The van der Waals surface area contributed by atoms with Gasteiger partial charge in [0.15, 0.2) is 5.58 Å². The topological polar surface area (TPSA) is 43.9 Å². The fraction of sp³-hybridized carbons (Fsp3) is 0.0500. The molecular weight excluding hydrogens is 606 g/mol. The van der Waals surface area contributed by atoms with Crippen LogP contribution < -0.4 is 0 Å². The molecule has 4 nitrogen and oxygen atoms in total. The quantitative estimate of drug-likeness (QED) is 0.179. The molecule has 0 radical (unpaired) electrons. The zero-order valence-corrected chi connectivity index (χ0v) is 26.5. The first-order chi connectivity index (χ1) is 22.6. The second kappa shape index (κ2) is 9.39. The van der Waals surface area contributed by atoms with E-state index in [9.17, 15) is 0 Å². The van der Waals surface area contributed by atoms with Gasteiger partial charge in [-0.1, -0.05) is 72.8 Å². The third kappa shape index (κ3) is 3.44. The van der Waals surface area contributed by atoms with Crippen LogP contribution in [0.2, 0.25) is 5.28 Å². The van der Waals surface area contributed by atoms with Crippen LogP contribution in [0.1, 0.15) is 11.1 Å². The maximum absolute atomic E-state index is 6.53. The highest BCUT2D eigenvalue weighted by Crippen LogP contribution is 2.48. The Morgan fingerprint density at radius 1 is 0.674 bits per heavy atom. The van der Waals surface area contributed by atoms with E-state index >= 15 is 0 Å². The smallest absolute Gasteiger partial charge is 0.223 e. The fourth-order valence-corrected chi connectivity index (χ4v) is 8.86. The molecule has 10 rings (SSSR count). The lowest BCUT2D eigenvalue weighted by molar-refractivity contribution is 0.667. The van der Waals surface area contributed by atoms with Crippen molar-refractivity contribution in [2.75, 3.05) is 0 Å². The van der Waals surface area contributed by atoms with Crippen molar-refractivity contribution >= 4 is 97.8 Å². The number of aromatic nitrogens is 3. The average molecular weight is 630 g/mol. The lowest BCUT2D eigenvalue weighted by Crippen LogP contribution is -2.00. The number of furan rings is 1. The number of thiophene rings is 1. The van der Waals surface area contributed by atoms with Gasteiger partial charge in [0.25, 0.3) is 0 Å². The van der Waals surface area contributed by atoms with Crippen LogP contribution in [0, 0.1) is 13.8 Å². The van der Waals surface area contributed by atoms with Crippen LogP contribution >= 0.6 is 22.9 Å². The SMILES string of the molecule is Cc1cc(-n2c3ccccc3c3c4sc5ccccc5c4c4ccccc4c32)c(C)cc1-c1nc(Cl)nc2c1oc1ccccc12. The van der Waals surface area contributed by atoms with Crippen LogP contribution in [0.5, 0.6) is 0 Å². The maximum atomic E-state index is 6.53. The molecule has 0 aliphatic carbocycles. The van der Waals surface area contributed by atoms with Crippen molar-refractivity contribution in [2.45, 2.75) is 13.8 Å². The Bertz CT molecular complexity index is 2910. The molecule has 0 spiro atoms. The van der Waals surface area contributed by atoms with Gasteiger partial charge in [-0.2, -0.15) is 0 Å². The van der Waals surface area contributed by atoms with Gasteiger partial charge in [-0.25, -0.2) is 9.97 Å². The molecule has 0 bridgehead atoms. The minimum absolute atomic E-state index is 0.205. The fourth-order valence-electron chi connectivity index (χ4n) is 7.41. The van der Waals surface area contributed by atoms with Crippen LogP contribution in [0.15, 0.2) is 114 Å². The van der Waals surface area contributed by atoms with Gasteiger partial charge >= 0.3 is 0 Å². The molecule has 0 aliphatic rings. The normalized spacial score (nSPS) is 12.2. The number of rotatable bonds is 2. The van der Waals surface area contributed by atoms with Gasteiger partial charge in [0.1, 0.15) is 16.8 Å². The summed E-state index contributed by atoms with van der Waals surface area (Å²) in [6.07, 6.45) is 0. The molecule has 0 fully saturated rings. The Morgan fingerprint density at radius 2 is 1.37 bits per heavy atom. The molecule has 0 aliphatic heterocycles. The monoisotopic (exact) mass is 629 g/mol. The molecule has 6 aromatic carbocycles. The van der Waals surface area contributed by atoms with E-state index in [4.69, 9.17) is 21.0 Å². The van der Waals surface area contributed by atoms with E-state index in [1.807, 2.05) is 35.6 Å². The number of para-hydroxylation sites is 2.